The normalized spacial score (nSPS) is 9.95. The number of anilines is 1. The lowest BCUT2D eigenvalue weighted by molar-refractivity contribution is 0.341. The summed E-state index contributed by atoms with van der Waals surface area (Å²) >= 11 is 0. The Balaban J connectivity index is 2.69. The van der Waals surface area contributed by atoms with Crippen LogP contribution in [0.2, 0.25) is 0 Å². The van der Waals surface area contributed by atoms with Crippen LogP contribution in [-0.2, 0) is 0 Å². The Kier molecular flexibility index (Phi) is 3.67. The number of para-hydroxylation sites is 1. The lowest BCUT2D eigenvalue weighted by Gasteiger charge is -2.12. The molecule has 2 rings (SSSR count). The summed E-state index contributed by atoms with van der Waals surface area (Å²) in [5, 5.41) is 9.26. The highest BCUT2D eigenvalue weighted by atomic mass is 16.5. The number of benzene rings is 1. The molecule has 2 N–H and O–H groups in total. The predicted molar refractivity (Wildman–Crippen MR) is 74.7 cm³/mol. The van der Waals surface area contributed by atoms with Gasteiger partial charge in [0.1, 0.15) is 23.2 Å². The number of nitriles is 1. The van der Waals surface area contributed by atoms with E-state index < -0.39 is 0 Å². The molecule has 1 aromatic carbocycles. The van der Waals surface area contributed by atoms with E-state index in [-0.39, 0.29) is 5.82 Å². The van der Waals surface area contributed by atoms with E-state index >= 15 is 0 Å². The molecule has 0 saturated heterocycles. The molecule has 0 atom stereocenters. The molecule has 1 heterocycles. The Hall–Kier alpha value is -2.54. The number of aryl methyl sites for hydroxylation is 1. The van der Waals surface area contributed by atoms with Crippen molar-refractivity contribution in [1.29, 1.82) is 5.26 Å². The van der Waals surface area contributed by atoms with Crippen molar-refractivity contribution in [2.24, 2.45) is 0 Å². The maximum Gasteiger partial charge on any atom is 0.142 e. The molecule has 0 amide bonds. The summed E-state index contributed by atoms with van der Waals surface area (Å²) in [6.45, 7) is 4.34. The number of hydrogen-bond acceptors (Lipinski definition) is 4. The van der Waals surface area contributed by atoms with Gasteiger partial charge in [0.05, 0.1) is 6.61 Å². The summed E-state index contributed by atoms with van der Waals surface area (Å²) < 4.78 is 5.60. The third-order valence-electron chi connectivity index (χ3n) is 2.76. The number of nitrogen functional groups attached to an aromatic ring is 1. The molecule has 96 valence electrons. The average Bonchev–Trinajstić information content (AvgIpc) is 2.39. The topological polar surface area (TPSA) is 71.9 Å². The molecule has 19 heavy (non-hydrogen) atoms. The van der Waals surface area contributed by atoms with E-state index in [0.29, 0.717) is 12.2 Å². The van der Waals surface area contributed by atoms with Crippen molar-refractivity contribution < 1.29 is 4.74 Å². The third-order valence-corrected chi connectivity index (χ3v) is 2.76. The van der Waals surface area contributed by atoms with Crippen molar-refractivity contribution >= 4 is 5.82 Å². The summed E-state index contributed by atoms with van der Waals surface area (Å²) in [5.74, 6) is 0.996. The van der Waals surface area contributed by atoms with E-state index in [1.807, 2.05) is 44.2 Å². The number of aromatic nitrogens is 1. The molecule has 0 aliphatic heterocycles. The molecule has 0 spiro atoms. The molecule has 0 aliphatic rings. The molecule has 2 aromatic rings. The van der Waals surface area contributed by atoms with Crippen molar-refractivity contribution in [3.63, 3.8) is 0 Å². The van der Waals surface area contributed by atoms with Gasteiger partial charge < -0.3 is 10.5 Å². The van der Waals surface area contributed by atoms with Gasteiger partial charge >= 0.3 is 0 Å². The zero-order valence-electron chi connectivity index (χ0n) is 11.0. The second kappa shape index (κ2) is 5.40. The van der Waals surface area contributed by atoms with Gasteiger partial charge in [-0.15, -0.1) is 0 Å². The van der Waals surface area contributed by atoms with Crippen molar-refractivity contribution in [3.8, 4) is 22.9 Å². The minimum absolute atomic E-state index is 0.254. The quantitative estimate of drug-likeness (QED) is 0.912. The Morgan fingerprint density at radius 1 is 1.32 bits per heavy atom. The number of rotatable bonds is 3. The fourth-order valence-electron chi connectivity index (χ4n) is 2.00. The van der Waals surface area contributed by atoms with Crippen LogP contribution in [0.5, 0.6) is 5.75 Å². The Morgan fingerprint density at radius 3 is 2.74 bits per heavy atom. The molecule has 4 nitrogen and oxygen atoms in total. The summed E-state index contributed by atoms with van der Waals surface area (Å²) in [6.07, 6.45) is 0. The minimum Gasteiger partial charge on any atom is -0.493 e. The molecule has 0 saturated carbocycles. The zero-order chi connectivity index (χ0) is 13.8. The number of hydrogen-bond donors (Lipinski definition) is 1. The van der Waals surface area contributed by atoms with Crippen LogP contribution < -0.4 is 10.5 Å². The van der Waals surface area contributed by atoms with Crippen LogP contribution in [-0.4, -0.2) is 11.6 Å². The average molecular weight is 253 g/mol. The minimum atomic E-state index is 0.254. The highest BCUT2D eigenvalue weighted by Crippen LogP contribution is 2.34. The van der Waals surface area contributed by atoms with Crippen LogP contribution >= 0.6 is 0 Å². The van der Waals surface area contributed by atoms with Crippen LogP contribution in [0.25, 0.3) is 11.1 Å². The zero-order valence-corrected chi connectivity index (χ0v) is 11.0. The molecule has 0 bridgehead atoms. The van der Waals surface area contributed by atoms with Gasteiger partial charge in [0.2, 0.25) is 0 Å². The van der Waals surface area contributed by atoms with E-state index in [9.17, 15) is 5.26 Å². The molecule has 0 radical (unpaired) electrons. The number of nitrogens with zero attached hydrogens (tertiary/aromatic N) is 2. The molecule has 1 aromatic heterocycles. The molecule has 0 aliphatic carbocycles. The van der Waals surface area contributed by atoms with Crippen molar-refractivity contribution in [1.82, 2.24) is 4.98 Å². The highest BCUT2D eigenvalue weighted by Gasteiger charge is 2.14. The van der Waals surface area contributed by atoms with E-state index in [1.165, 1.54) is 0 Å². The van der Waals surface area contributed by atoms with Gasteiger partial charge in [0.25, 0.3) is 0 Å². The first-order valence-electron chi connectivity index (χ1n) is 6.06. The first kappa shape index (κ1) is 12.9. The van der Waals surface area contributed by atoms with Gasteiger partial charge in [-0.2, -0.15) is 5.26 Å². The Bertz CT molecular complexity index is 644. The van der Waals surface area contributed by atoms with E-state index in [2.05, 4.69) is 11.1 Å². The molecule has 4 heteroatoms. The number of pyridine rings is 1. The van der Waals surface area contributed by atoms with Gasteiger partial charge in [-0.05, 0) is 26.0 Å². The maximum absolute atomic E-state index is 9.26. The third kappa shape index (κ3) is 2.50. The van der Waals surface area contributed by atoms with Crippen LogP contribution in [0.4, 0.5) is 5.82 Å². The van der Waals surface area contributed by atoms with Gasteiger partial charge in [-0.1, -0.05) is 18.2 Å². The van der Waals surface area contributed by atoms with Crippen molar-refractivity contribution in [3.05, 3.63) is 41.6 Å². The van der Waals surface area contributed by atoms with Gasteiger partial charge in [0, 0.05) is 16.8 Å². The molecule has 0 unspecified atom stereocenters. The first-order chi connectivity index (χ1) is 9.17. The molecule has 0 fully saturated rings. The highest BCUT2D eigenvalue weighted by molar-refractivity contribution is 5.79. The molecular formula is C15H15N3O. The maximum atomic E-state index is 9.26. The fourth-order valence-corrected chi connectivity index (χ4v) is 2.00. The smallest absolute Gasteiger partial charge is 0.142 e. The summed E-state index contributed by atoms with van der Waals surface area (Å²) in [4.78, 5) is 4.12. The Morgan fingerprint density at radius 2 is 2.05 bits per heavy atom. The summed E-state index contributed by atoms with van der Waals surface area (Å²) in [5.41, 5.74) is 8.60. The summed E-state index contributed by atoms with van der Waals surface area (Å²) in [7, 11) is 0. The van der Waals surface area contributed by atoms with Crippen LogP contribution in [0.3, 0.4) is 0 Å². The second-order valence-corrected chi connectivity index (χ2v) is 4.11. The van der Waals surface area contributed by atoms with Gasteiger partial charge in [-0.25, -0.2) is 4.98 Å². The SMILES string of the molecule is CCOc1ccccc1-c1cc(C)nc(N)c1C#N. The Labute approximate surface area is 112 Å². The standard InChI is InChI=1S/C15H15N3O/c1-3-19-14-7-5-4-6-11(14)12-8-10(2)18-15(17)13(12)9-16/h4-8H,3H2,1-2H3,(H2,17,18). The lowest BCUT2D eigenvalue weighted by Crippen LogP contribution is -2.01. The first-order valence-corrected chi connectivity index (χ1v) is 6.06. The van der Waals surface area contributed by atoms with Crippen LogP contribution in [0, 0.1) is 18.3 Å². The van der Waals surface area contributed by atoms with Gasteiger partial charge in [0.15, 0.2) is 0 Å². The lowest BCUT2D eigenvalue weighted by atomic mass is 9.99. The monoisotopic (exact) mass is 253 g/mol. The van der Waals surface area contributed by atoms with Crippen LogP contribution in [0.1, 0.15) is 18.2 Å². The van der Waals surface area contributed by atoms with E-state index in [1.54, 1.807) is 0 Å². The fraction of sp³-hybridized carbons (Fsp3) is 0.200. The second-order valence-electron chi connectivity index (χ2n) is 4.11. The van der Waals surface area contributed by atoms with Crippen LogP contribution in [0.15, 0.2) is 30.3 Å². The van der Waals surface area contributed by atoms with E-state index in [0.717, 1.165) is 22.6 Å². The number of nitrogens with two attached hydrogens (primary N) is 1. The molecular weight excluding hydrogens is 238 g/mol. The van der Waals surface area contributed by atoms with Crippen molar-refractivity contribution in [2.75, 3.05) is 12.3 Å². The van der Waals surface area contributed by atoms with Crippen molar-refractivity contribution in [2.45, 2.75) is 13.8 Å². The van der Waals surface area contributed by atoms with Gasteiger partial charge in [-0.3, -0.25) is 0 Å². The van der Waals surface area contributed by atoms with E-state index in [4.69, 9.17) is 10.5 Å². The largest absolute Gasteiger partial charge is 0.493 e. The number of ether oxygens (including phenoxy) is 1. The summed E-state index contributed by atoms with van der Waals surface area (Å²) in [6, 6.07) is 11.6. The predicted octanol–water partition coefficient (Wildman–Crippen LogP) is 2.91.